The Balaban J connectivity index is 2.41. The SMILES string of the molecule is FC(F)c1cccc(-c2cn[nH]n2)c1. The number of hydrogen-bond acceptors (Lipinski definition) is 2. The molecule has 1 heterocycles. The van der Waals surface area contributed by atoms with Crippen molar-refractivity contribution in [1.82, 2.24) is 15.4 Å². The van der Waals surface area contributed by atoms with Gasteiger partial charge in [-0.15, -0.1) is 0 Å². The van der Waals surface area contributed by atoms with Crippen molar-refractivity contribution in [3.8, 4) is 11.3 Å². The lowest BCUT2D eigenvalue weighted by molar-refractivity contribution is 0.151. The van der Waals surface area contributed by atoms with Crippen LogP contribution in [-0.2, 0) is 0 Å². The van der Waals surface area contributed by atoms with Crippen LogP contribution in [0.15, 0.2) is 30.5 Å². The maximum atomic E-state index is 12.3. The molecule has 0 aliphatic heterocycles. The van der Waals surface area contributed by atoms with E-state index in [-0.39, 0.29) is 5.56 Å². The fourth-order valence-corrected chi connectivity index (χ4v) is 1.17. The number of nitrogens with one attached hydrogen (secondary N) is 1. The van der Waals surface area contributed by atoms with E-state index in [1.54, 1.807) is 12.1 Å². The van der Waals surface area contributed by atoms with Crippen LogP contribution in [0, 0.1) is 0 Å². The standard InChI is InChI=1S/C9H7F2N3/c10-9(11)7-3-1-2-6(4-7)8-5-12-14-13-8/h1-5,9H,(H,12,13,14). The molecular formula is C9H7F2N3. The first-order valence-corrected chi connectivity index (χ1v) is 4.01. The van der Waals surface area contributed by atoms with Crippen molar-refractivity contribution in [2.45, 2.75) is 6.43 Å². The number of hydrogen-bond donors (Lipinski definition) is 1. The van der Waals surface area contributed by atoms with Crippen LogP contribution in [0.5, 0.6) is 0 Å². The number of aromatic amines is 1. The van der Waals surface area contributed by atoms with Gasteiger partial charge in [-0.05, 0) is 6.07 Å². The van der Waals surface area contributed by atoms with Crippen LogP contribution in [0.25, 0.3) is 11.3 Å². The van der Waals surface area contributed by atoms with Gasteiger partial charge in [0.2, 0.25) is 0 Å². The number of H-pyrrole nitrogens is 1. The van der Waals surface area contributed by atoms with E-state index in [4.69, 9.17) is 0 Å². The summed E-state index contributed by atoms with van der Waals surface area (Å²) in [5.41, 5.74) is 1.19. The summed E-state index contributed by atoms with van der Waals surface area (Å²) >= 11 is 0. The van der Waals surface area contributed by atoms with Gasteiger partial charge >= 0.3 is 0 Å². The number of alkyl halides is 2. The van der Waals surface area contributed by atoms with Gasteiger partial charge in [0, 0.05) is 11.1 Å². The smallest absolute Gasteiger partial charge is 0.205 e. The minimum Gasteiger partial charge on any atom is -0.205 e. The number of rotatable bonds is 2. The summed E-state index contributed by atoms with van der Waals surface area (Å²) in [6, 6.07) is 6.08. The normalized spacial score (nSPS) is 10.8. The molecule has 0 radical (unpaired) electrons. The second kappa shape index (κ2) is 3.53. The molecule has 0 atom stereocenters. The molecule has 1 N–H and O–H groups in total. The summed E-state index contributed by atoms with van der Waals surface area (Å²) < 4.78 is 24.7. The molecule has 0 saturated carbocycles. The van der Waals surface area contributed by atoms with E-state index in [9.17, 15) is 8.78 Å². The van der Waals surface area contributed by atoms with Crippen molar-refractivity contribution >= 4 is 0 Å². The average molecular weight is 195 g/mol. The predicted molar refractivity (Wildman–Crippen MR) is 46.8 cm³/mol. The zero-order valence-corrected chi connectivity index (χ0v) is 7.11. The van der Waals surface area contributed by atoms with E-state index in [1.807, 2.05) is 0 Å². The lowest BCUT2D eigenvalue weighted by Crippen LogP contribution is -1.85. The molecule has 0 bridgehead atoms. The van der Waals surface area contributed by atoms with Gasteiger partial charge in [0.25, 0.3) is 6.43 Å². The van der Waals surface area contributed by atoms with Gasteiger partial charge in [0.1, 0.15) is 5.69 Å². The van der Waals surface area contributed by atoms with Gasteiger partial charge in [0.15, 0.2) is 0 Å². The molecular weight excluding hydrogens is 188 g/mol. The molecule has 1 aromatic carbocycles. The first kappa shape index (κ1) is 8.80. The zero-order valence-electron chi connectivity index (χ0n) is 7.11. The van der Waals surface area contributed by atoms with Crippen molar-refractivity contribution in [3.63, 3.8) is 0 Å². The molecule has 14 heavy (non-hydrogen) atoms. The highest BCUT2D eigenvalue weighted by atomic mass is 19.3. The summed E-state index contributed by atoms with van der Waals surface area (Å²) in [6.07, 6.45) is -0.966. The van der Waals surface area contributed by atoms with Crippen LogP contribution in [0.1, 0.15) is 12.0 Å². The van der Waals surface area contributed by atoms with E-state index < -0.39 is 6.43 Å². The lowest BCUT2D eigenvalue weighted by atomic mass is 10.1. The Kier molecular flexibility index (Phi) is 2.22. The van der Waals surface area contributed by atoms with Crippen LogP contribution in [0.3, 0.4) is 0 Å². The Labute approximate surface area is 78.8 Å². The number of benzene rings is 1. The van der Waals surface area contributed by atoms with Gasteiger partial charge in [-0.2, -0.15) is 15.4 Å². The zero-order chi connectivity index (χ0) is 9.97. The third kappa shape index (κ3) is 1.61. The van der Waals surface area contributed by atoms with Gasteiger partial charge in [-0.1, -0.05) is 18.2 Å². The highest BCUT2D eigenvalue weighted by molar-refractivity contribution is 5.58. The van der Waals surface area contributed by atoms with Gasteiger partial charge in [0.05, 0.1) is 6.20 Å². The van der Waals surface area contributed by atoms with Gasteiger partial charge in [-0.25, -0.2) is 8.78 Å². The second-order valence-electron chi connectivity index (χ2n) is 2.78. The summed E-state index contributed by atoms with van der Waals surface area (Å²) in [6.45, 7) is 0. The van der Waals surface area contributed by atoms with Crippen LogP contribution < -0.4 is 0 Å². The summed E-state index contributed by atoms with van der Waals surface area (Å²) in [5.74, 6) is 0. The molecule has 0 amide bonds. The largest absolute Gasteiger partial charge is 0.263 e. The van der Waals surface area contributed by atoms with Crippen molar-refractivity contribution < 1.29 is 8.78 Å². The van der Waals surface area contributed by atoms with E-state index in [0.29, 0.717) is 11.3 Å². The van der Waals surface area contributed by atoms with Crippen LogP contribution in [0.2, 0.25) is 0 Å². The van der Waals surface area contributed by atoms with Crippen molar-refractivity contribution in [3.05, 3.63) is 36.0 Å². The van der Waals surface area contributed by atoms with Crippen molar-refractivity contribution in [2.75, 3.05) is 0 Å². The molecule has 3 nitrogen and oxygen atoms in total. The Bertz CT molecular complexity index is 412. The topological polar surface area (TPSA) is 41.6 Å². The van der Waals surface area contributed by atoms with E-state index >= 15 is 0 Å². The third-order valence-corrected chi connectivity index (χ3v) is 1.85. The second-order valence-corrected chi connectivity index (χ2v) is 2.78. The Morgan fingerprint density at radius 1 is 1.29 bits per heavy atom. The van der Waals surface area contributed by atoms with Crippen LogP contribution in [-0.4, -0.2) is 15.4 Å². The third-order valence-electron chi connectivity index (χ3n) is 1.85. The Morgan fingerprint density at radius 3 is 2.79 bits per heavy atom. The van der Waals surface area contributed by atoms with Crippen molar-refractivity contribution in [2.24, 2.45) is 0 Å². The Hall–Kier alpha value is -1.78. The molecule has 72 valence electrons. The molecule has 5 heteroatoms. The van der Waals surface area contributed by atoms with Crippen LogP contribution >= 0.6 is 0 Å². The average Bonchev–Trinajstić information content (AvgIpc) is 2.71. The summed E-state index contributed by atoms with van der Waals surface area (Å²) in [7, 11) is 0. The highest BCUT2D eigenvalue weighted by Gasteiger charge is 2.08. The number of halogens is 2. The fraction of sp³-hybridized carbons (Fsp3) is 0.111. The van der Waals surface area contributed by atoms with Gasteiger partial charge in [-0.3, -0.25) is 0 Å². The molecule has 0 fully saturated rings. The molecule has 1 aromatic heterocycles. The fourth-order valence-electron chi connectivity index (χ4n) is 1.17. The van der Waals surface area contributed by atoms with E-state index in [1.165, 1.54) is 18.3 Å². The highest BCUT2D eigenvalue weighted by Crippen LogP contribution is 2.23. The van der Waals surface area contributed by atoms with E-state index in [2.05, 4.69) is 15.4 Å². The van der Waals surface area contributed by atoms with Crippen molar-refractivity contribution in [1.29, 1.82) is 0 Å². The number of aromatic nitrogens is 3. The molecule has 2 aromatic rings. The summed E-state index contributed by atoms with van der Waals surface area (Å²) in [4.78, 5) is 0. The Morgan fingerprint density at radius 2 is 2.14 bits per heavy atom. The molecule has 0 aliphatic carbocycles. The number of nitrogens with zero attached hydrogens (tertiary/aromatic N) is 2. The van der Waals surface area contributed by atoms with Crippen LogP contribution in [0.4, 0.5) is 8.78 Å². The molecule has 0 unspecified atom stereocenters. The minimum absolute atomic E-state index is 0.00880. The monoisotopic (exact) mass is 195 g/mol. The van der Waals surface area contributed by atoms with E-state index in [0.717, 1.165) is 0 Å². The maximum Gasteiger partial charge on any atom is 0.263 e. The maximum absolute atomic E-state index is 12.3. The van der Waals surface area contributed by atoms with Gasteiger partial charge < -0.3 is 0 Å². The molecule has 0 saturated heterocycles. The first-order valence-electron chi connectivity index (χ1n) is 4.01. The predicted octanol–water partition coefficient (Wildman–Crippen LogP) is 2.41. The minimum atomic E-state index is -2.46. The lowest BCUT2D eigenvalue weighted by Gasteiger charge is -2.00. The molecule has 0 spiro atoms. The first-order chi connectivity index (χ1) is 6.77. The quantitative estimate of drug-likeness (QED) is 0.799. The molecule has 2 rings (SSSR count). The molecule has 0 aliphatic rings. The summed E-state index contributed by atoms with van der Waals surface area (Å²) in [5, 5.41) is 9.84.